The molecule has 1 atom stereocenters. The fourth-order valence-electron chi connectivity index (χ4n) is 3.05. The van der Waals surface area contributed by atoms with Crippen LogP contribution < -0.4 is 10.2 Å². The molecule has 3 rings (SSSR count). The Morgan fingerprint density at radius 2 is 2.12 bits per heavy atom. The van der Waals surface area contributed by atoms with Gasteiger partial charge in [-0.3, -0.25) is 4.79 Å². The van der Waals surface area contributed by atoms with Crippen molar-refractivity contribution >= 4 is 11.9 Å². The highest BCUT2D eigenvalue weighted by Gasteiger charge is 2.19. The van der Waals surface area contributed by atoms with E-state index in [1.807, 2.05) is 18.2 Å². The van der Waals surface area contributed by atoms with Crippen molar-refractivity contribution in [1.29, 1.82) is 0 Å². The number of nitrogens with one attached hydrogen (secondary N) is 1. The predicted molar refractivity (Wildman–Crippen MR) is 95.1 cm³/mol. The highest BCUT2D eigenvalue weighted by atomic mass is 16.1. The summed E-state index contributed by atoms with van der Waals surface area (Å²) in [6.07, 6.45) is 4.88. The monoisotopic (exact) mass is 324 g/mol. The Morgan fingerprint density at radius 3 is 2.92 bits per heavy atom. The van der Waals surface area contributed by atoms with Gasteiger partial charge in [0.1, 0.15) is 5.69 Å². The Kier molecular flexibility index (Phi) is 5.41. The maximum atomic E-state index is 12.3. The summed E-state index contributed by atoms with van der Waals surface area (Å²) in [4.78, 5) is 23.3. The fourth-order valence-corrected chi connectivity index (χ4v) is 3.05. The number of anilines is 1. The number of rotatable bonds is 5. The molecule has 1 saturated heterocycles. The molecule has 1 N–H and O–H groups in total. The second-order valence-electron chi connectivity index (χ2n) is 6.43. The molecule has 0 bridgehead atoms. The summed E-state index contributed by atoms with van der Waals surface area (Å²) in [7, 11) is 0. The second-order valence-corrected chi connectivity index (χ2v) is 6.43. The molecule has 24 heavy (non-hydrogen) atoms. The van der Waals surface area contributed by atoms with Crippen molar-refractivity contribution in [3.8, 4) is 0 Å². The van der Waals surface area contributed by atoms with Crippen LogP contribution in [-0.2, 0) is 6.42 Å². The molecular formula is C19H24N4O. The molecule has 1 aliphatic heterocycles. The third-order valence-corrected chi connectivity index (χ3v) is 4.36. The summed E-state index contributed by atoms with van der Waals surface area (Å²) in [6.45, 7) is 4.76. The largest absolute Gasteiger partial charge is 0.350 e. The minimum absolute atomic E-state index is 0.139. The molecular weight excluding hydrogens is 300 g/mol. The van der Waals surface area contributed by atoms with Gasteiger partial charge >= 0.3 is 0 Å². The highest BCUT2D eigenvalue weighted by molar-refractivity contribution is 5.92. The maximum Gasteiger partial charge on any atom is 0.270 e. The molecule has 5 heteroatoms. The summed E-state index contributed by atoms with van der Waals surface area (Å²) < 4.78 is 0. The molecule has 0 saturated carbocycles. The van der Waals surface area contributed by atoms with Crippen molar-refractivity contribution in [3.05, 3.63) is 53.9 Å². The van der Waals surface area contributed by atoms with Gasteiger partial charge in [0.25, 0.3) is 5.91 Å². The van der Waals surface area contributed by atoms with Crippen LogP contribution in [0.5, 0.6) is 0 Å². The number of carbonyl (C=O) groups excluding carboxylic acids is 1. The number of hydrogen-bond acceptors (Lipinski definition) is 4. The third-order valence-electron chi connectivity index (χ3n) is 4.36. The summed E-state index contributed by atoms with van der Waals surface area (Å²) in [5, 5.41) is 2.94. The van der Waals surface area contributed by atoms with Crippen LogP contribution in [0.25, 0.3) is 0 Å². The fraction of sp³-hybridized carbons (Fsp3) is 0.421. The maximum absolute atomic E-state index is 12.3. The number of carbonyl (C=O) groups is 1. The molecule has 1 aromatic carbocycles. The minimum atomic E-state index is -0.139. The molecule has 2 heterocycles. The predicted octanol–water partition coefficient (Wildman–Crippen LogP) is 2.69. The zero-order chi connectivity index (χ0) is 16.8. The molecule has 1 aromatic heterocycles. The third kappa shape index (κ3) is 4.31. The van der Waals surface area contributed by atoms with Crippen LogP contribution >= 0.6 is 0 Å². The summed E-state index contributed by atoms with van der Waals surface area (Å²) >= 11 is 0. The van der Waals surface area contributed by atoms with E-state index in [1.54, 1.807) is 12.3 Å². The topological polar surface area (TPSA) is 58.1 Å². The minimum Gasteiger partial charge on any atom is -0.350 e. The van der Waals surface area contributed by atoms with Crippen molar-refractivity contribution in [3.63, 3.8) is 0 Å². The van der Waals surface area contributed by atoms with Crippen LogP contribution in [0.1, 0.15) is 35.8 Å². The molecule has 1 fully saturated rings. The molecule has 2 aromatic rings. The molecule has 0 spiro atoms. The van der Waals surface area contributed by atoms with Crippen LogP contribution in [0.3, 0.4) is 0 Å². The zero-order valence-electron chi connectivity index (χ0n) is 14.1. The van der Waals surface area contributed by atoms with E-state index in [1.165, 1.54) is 12.0 Å². The van der Waals surface area contributed by atoms with Crippen molar-refractivity contribution in [2.45, 2.75) is 26.2 Å². The van der Waals surface area contributed by atoms with E-state index in [2.05, 4.69) is 39.2 Å². The first-order chi connectivity index (χ1) is 11.7. The Hall–Kier alpha value is -2.43. The van der Waals surface area contributed by atoms with E-state index < -0.39 is 0 Å². The normalized spacial score (nSPS) is 17.5. The van der Waals surface area contributed by atoms with Gasteiger partial charge < -0.3 is 10.2 Å². The SMILES string of the molecule is CC1CCCN(c2nccc(C(=O)NCCc3ccccc3)n2)C1. The molecule has 1 aliphatic rings. The van der Waals surface area contributed by atoms with Crippen LogP contribution in [0, 0.1) is 5.92 Å². The summed E-state index contributed by atoms with van der Waals surface area (Å²) in [6, 6.07) is 11.8. The van der Waals surface area contributed by atoms with Gasteiger partial charge in [0.2, 0.25) is 5.95 Å². The summed E-state index contributed by atoms with van der Waals surface area (Å²) in [5.41, 5.74) is 1.65. The van der Waals surface area contributed by atoms with E-state index in [0.29, 0.717) is 24.1 Å². The van der Waals surface area contributed by atoms with E-state index in [0.717, 1.165) is 25.9 Å². The first-order valence-corrected chi connectivity index (χ1v) is 8.62. The number of aromatic nitrogens is 2. The average Bonchev–Trinajstić information content (AvgIpc) is 2.63. The van der Waals surface area contributed by atoms with E-state index in [-0.39, 0.29) is 5.91 Å². The van der Waals surface area contributed by atoms with Crippen molar-refractivity contribution in [2.75, 3.05) is 24.5 Å². The number of piperidine rings is 1. The lowest BCUT2D eigenvalue weighted by molar-refractivity contribution is 0.0949. The first kappa shape index (κ1) is 16.4. The van der Waals surface area contributed by atoms with Gasteiger partial charge in [-0.05, 0) is 36.8 Å². The van der Waals surface area contributed by atoms with Crippen LogP contribution in [-0.4, -0.2) is 35.5 Å². The quantitative estimate of drug-likeness (QED) is 0.919. The first-order valence-electron chi connectivity index (χ1n) is 8.62. The lowest BCUT2D eigenvalue weighted by Crippen LogP contribution is -2.36. The van der Waals surface area contributed by atoms with E-state index in [9.17, 15) is 4.79 Å². The summed E-state index contributed by atoms with van der Waals surface area (Å²) in [5.74, 6) is 1.17. The Morgan fingerprint density at radius 1 is 1.29 bits per heavy atom. The molecule has 5 nitrogen and oxygen atoms in total. The highest BCUT2D eigenvalue weighted by Crippen LogP contribution is 2.19. The Bertz CT molecular complexity index is 674. The van der Waals surface area contributed by atoms with Crippen LogP contribution in [0.2, 0.25) is 0 Å². The van der Waals surface area contributed by atoms with Gasteiger partial charge in [-0.2, -0.15) is 0 Å². The van der Waals surface area contributed by atoms with Crippen molar-refractivity contribution in [2.24, 2.45) is 5.92 Å². The van der Waals surface area contributed by atoms with Gasteiger partial charge in [-0.25, -0.2) is 9.97 Å². The van der Waals surface area contributed by atoms with Crippen molar-refractivity contribution in [1.82, 2.24) is 15.3 Å². The Labute approximate surface area is 143 Å². The van der Waals surface area contributed by atoms with Gasteiger partial charge in [0.05, 0.1) is 0 Å². The molecule has 0 radical (unpaired) electrons. The smallest absolute Gasteiger partial charge is 0.270 e. The van der Waals surface area contributed by atoms with Gasteiger partial charge in [0.15, 0.2) is 0 Å². The van der Waals surface area contributed by atoms with E-state index >= 15 is 0 Å². The number of hydrogen-bond donors (Lipinski definition) is 1. The van der Waals surface area contributed by atoms with Crippen LogP contribution in [0.4, 0.5) is 5.95 Å². The molecule has 0 aliphatic carbocycles. The standard InChI is InChI=1S/C19H24N4O/c1-15-6-5-13-23(14-15)19-21-12-10-17(22-19)18(24)20-11-9-16-7-3-2-4-8-16/h2-4,7-8,10,12,15H,5-6,9,11,13-14H2,1H3,(H,20,24). The van der Waals surface area contributed by atoms with Gasteiger partial charge in [0, 0.05) is 25.8 Å². The number of nitrogens with zero attached hydrogens (tertiary/aromatic N) is 3. The number of amides is 1. The van der Waals surface area contributed by atoms with E-state index in [4.69, 9.17) is 0 Å². The molecule has 126 valence electrons. The zero-order valence-corrected chi connectivity index (χ0v) is 14.1. The molecule has 1 unspecified atom stereocenters. The van der Waals surface area contributed by atoms with Gasteiger partial charge in [-0.15, -0.1) is 0 Å². The Balaban J connectivity index is 1.57. The second kappa shape index (κ2) is 7.90. The lowest BCUT2D eigenvalue weighted by Gasteiger charge is -2.30. The van der Waals surface area contributed by atoms with Crippen LogP contribution in [0.15, 0.2) is 42.6 Å². The average molecular weight is 324 g/mol. The van der Waals surface area contributed by atoms with Gasteiger partial charge in [-0.1, -0.05) is 37.3 Å². The molecule has 1 amide bonds. The number of benzene rings is 1. The van der Waals surface area contributed by atoms with Crippen molar-refractivity contribution < 1.29 is 4.79 Å². The lowest BCUT2D eigenvalue weighted by atomic mass is 10.0.